The SMILES string of the molecule is Br/C=C/C1C=Cc2ccccc21. The second kappa shape index (κ2) is 3.28. The normalized spacial score (nSPS) is 20.2. The lowest BCUT2D eigenvalue weighted by Crippen LogP contribution is -1.86. The highest BCUT2D eigenvalue weighted by Crippen LogP contribution is 2.30. The van der Waals surface area contributed by atoms with Crippen LogP contribution in [-0.4, -0.2) is 0 Å². The molecule has 0 nitrogen and oxygen atoms in total. The second-order valence-electron chi connectivity index (χ2n) is 2.83. The minimum atomic E-state index is 0.459. The number of halogens is 1. The highest BCUT2D eigenvalue weighted by molar-refractivity contribution is 9.11. The topological polar surface area (TPSA) is 0 Å². The summed E-state index contributed by atoms with van der Waals surface area (Å²) in [6, 6.07) is 8.48. The van der Waals surface area contributed by atoms with Crippen molar-refractivity contribution in [3.63, 3.8) is 0 Å². The van der Waals surface area contributed by atoms with Crippen LogP contribution >= 0.6 is 15.9 Å². The first-order chi connectivity index (χ1) is 5.92. The molecule has 0 bridgehead atoms. The molecule has 1 unspecified atom stereocenters. The fourth-order valence-corrected chi connectivity index (χ4v) is 1.85. The van der Waals surface area contributed by atoms with Gasteiger partial charge in [0.2, 0.25) is 0 Å². The van der Waals surface area contributed by atoms with Gasteiger partial charge >= 0.3 is 0 Å². The van der Waals surface area contributed by atoms with Crippen LogP contribution in [0.5, 0.6) is 0 Å². The number of rotatable bonds is 1. The average molecular weight is 221 g/mol. The lowest BCUT2D eigenvalue weighted by Gasteiger charge is -2.03. The number of benzene rings is 1. The monoisotopic (exact) mass is 220 g/mol. The van der Waals surface area contributed by atoms with Crippen molar-refractivity contribution in [3.05, 3.63) is 52.5 Å². The van der Waals surface area contributed by atoms with Crippen molar-refractivity contribution in [2.75, 3.05) is 0 Å². The molecular weight excluding hydrogens is 212 g/mol. The fourth-order valence-electron chi connectivity index (χ4n) is 1.52. The molecule has 60 valence electrons. The molecule has 0 saturated carbocycles. The lowest BCUT2D eigenvalue weighted by atomic mass is 10.0. The van der Waals surface area contributed by atoms with Gasteiger partial charge in [0.25, 0.3) is 0 Å². The first kappa shape index (κ1) is 7.81. The van der Waals surface area contributed by atoms with Gasteiger partial charge in [-0.1, -0.05) is 58.4 Å². The van der Waals surface area contributed by atoms with Crippen LogP contribution in [0, 0.1) is 0 Å². The molecule has 0 radical (unpaired) electrons. The molecule has 0 N–H and O–H groups in total. The summed E-state index contributed by atoms with van der Waals surface area (Å²) in [6.07, 6.45) is 6.53. The van der Waals surface area contributed by atoms with E-state index in [-0.39, 0.29) is 0 Å². The van der Waals surface area contributed by atoms with Gasteiger partial charge in [0.1, 0.15) is 0 Å². The van der Waals surface area contributed by atoms with Gasteiger partial charge in [-0.25, -0.2) is 0 Å². The van der Waals surface area contributed by atoms with Crippen molar-refractivity contribution < 1.29 is 0 Å². The summed E-state index contributed by atoms with van der Waals surface area (Å²) in [4.78, 5) is 1.92. The Hall–Kier alpha value is -0.820. The van der Waals surface area contributed by atoms with Crippen LogP contribution < -0.4 is 0 Å². The van der Waals surface area contributed by atoms with Crippen LogP contribution in [0.4, 0.5) is 0 Å². The average Bonchev–Trinajstić information content (AvgIpc) is 2.50. The molecule has 0 spiro atoms. The quantitative estimate of drug-likeness (QED) is 0.678. The van der Waals surface area contributed by atoms with Crippen LogP contribution in [0.3, 0.4) is 0 Å². The van der Waals surface area contributed by atoms with Gasteiger partial charge in [-0.05, 0) is 16.1 Å². The summed E-state index contributed by atoms with van der Waals surface area (Å²) in [7, 11) is 0. The number of allylic oxidation sites excluding steroid dienone is 2. The Labute approximate surface area is 80.7 Å². The highest BCUT2D eigenvalue weighted by Gasteiger charge is 2.12. The van der Waals surface area contributed by atoms with E-state index in [1.54, 1.807) is 0 Å². The minimum Gasteiger partial charge on any atom is -0.0726 e. The molecule has 1 aromatic rings. The zero-order valence-corrected chi connectivity index (χ0v) is 8.16. The van der Waals surface area contributed by atoms with Crippen molar-refractivity contribution in [2.24, 2.45) is 0 Å². The van der Waals surface area contributed by atoms with Gasteiger partial charge in [0, 0.05) is 5.92 Å². The van der Waals surface area contributed by atoms with Crippen LogP contribution in [0.2, 0.25) is 0 Å². The second-order valence-corrected chi connectivity index (χ2v) is 3.36. The summed E-state index contributed by atoms with van der Waals surface area (Å²) in [5.74, 6) is 0.459. The maximum absolute atomic E-state index is 3.30. The molecule has 0 aromatic heterocycles. The van der Waals surface area contributed by atoms with Crippen molar-refractivity contribution in [3.8, 4) is 0 Å². The predicted octanol–water partition coefficient (Wildman–Crippen LogP) is 3.71. The van der Waals surface area contributed by atoms with Crippen LogP contribution in [-0.2, 0) is 0 Å². The van der Waals surface area contributed by atoms with Gasteiger partial charge in [0.05, 0.1) is 0 Å². The summed E-state index contributed by atoms with van der Waals surface area (Å²) < 4.78 is 0. The summed E-state index contributed by atoms with van der Waals surface area (Å²) in [6.45, 7) is 0. The zero-order chi connectivity index (χ0) is 8.39. The molecule has 0 saturated heterocycles. The van der Waals surface area contributed by atoms with Gasteiger partial charge < -0.3 is 0 Å². The predicted molar refractivity (Wildman–Crippen MR) is 56.3 cm³/mol. The van der Waals surface area contributed by atoms with E-state index in [0.717, 1.165) is 0 Å². The molecule has 1 atom stereocenters. The molecule has 0 amide bonds. The largest absolute Gasteiger partial charge is 0.0726 e. The molecule has 1 aromatic carbocycles. The van der Waals surface area contributed by atoms with Gasteiger partial charge in [-0.2, -0.15) is 0 Å². The number of hydrogen-bond donors (Lipinski definition) is 0. The Morgan fingerprint density at radius 1 is 1.25 bits per heavy atom. The van der Waals surface area contributed by atoms with E-state index >= 15 is 0 Å². The molecule has 0 aliphatic heterocycles. The lowest BCUT2D eigenvalue weighted by molar-refractivity contribution is 1.12. The molecule has 1 aliphatic rings. The van der Waals surface area contributed by atoms with Crippen LogP contribution in [0.15, 0.2) is 41.4 Å². The molecule has 1 aliphatic carbocycles. The maximum Gasteiger partial charge on any atom is 0.0215 e. The third-order valence-electron chi connectivity index (χ3n) is 2.12. The van der Waals surface area contributed by atoms with Crippen molar-refractivity contribution in [1.82, 2.24) is 0 Å². The van der Waals surface area contributed by atoms with Crippen molar-refractivity contribution in [2.45, 2.75) is 5.92 Å². The summed E-state index contributed by atoms with van der Waals surface area (Å²) in [5, 5.41) is 0. The smallest absolute Gasteiger partial charge is 0.0215 e. The van der Waals surface area contributed by atoms with E-state index in [1.165, 1.54) is 11.1 Å². The molecular formula is C11H9Br. The Morgan fingerprint density at radius 3 is 2.92 bits per heavy atom. The molecule has 0 heterocycles. The van der Waals surface area contributed by atoms with Crippen LogP contribution in [0.25, 0.3) is 6.08 Å². The van der Waals surface area contributed by atoms with E-state index in [1.807, 2.05) is 4.99 Å². The first-order valence-corrected chi connectivity index (χ1v) is 4.87. The number of hydrogen-bond acceptors (Lipinski definition) is 0. The van der Waals surface area contributed by atoms with E-state index in [4.69, 9.17) is 0 Å². The number of fused-ring (bicyclic) bond motifs is 1. The molecule has 0 fully saturated rings. The minimum absolute atomic E-state index is 0.459. The standard InChI is InChI=1S/C11H9Br/c12-8-7-10-6-5-9-3-1-2-4-11(9)10/h1-8,10H/b8-7+. The summed E-state index contributed by atoms with van der Waals surface area (Å²) in [5.41, 5.74) is 2.74. The van der Waals surface area contributed by atoms with Gasteiger partial charge in [-0.15, -0.1) is 0 Å². The molecule has 2 rings (SSSR count). The van der Waals surface area contributed by atoms with E-state index in [9.17, 15) is 0 Å². The van der Waals surface area contributed by atoms with Crippen molar-refractivity contribution in [1.29, 1.82) is 0 Å². The Morgan fingerprint density at radius 2 is 2.08 bits per heavy atom. The highest BCUT2D eigenvalue weighted by atomic mass is 79.9. The Balaban J connectivity index is 2.42. The van der Waals surface area contributed by atoms with E-state index in [0.29, 0.717) is 5.92 Å². The zero-order valence-electron chi connectivity index (χ0n) is 6.57. The van der Waals surface area contributed by atoms with Gasteiger partial charge in [-0.3, -0.25) is 0 Å². The summed E-state index contributed by atoms with van der Waals surface area (Å²) >= 11 is 3.30. The third kappa shape index (κ3) is 1.25. The van der Waals surface area contributed by atoms with Crippen LogP contribution in [0.1, 0.15) is 17.0 Å². The van der Waals surface area contributed by atoms with Crippen molar-refractivity contribution >= 4 is 22.0 Å². The third-order valence-corrected chi connectivity index (χ3v) is 2.42. The maximum atomic E-state index is 3.30. The van der Waals surface area contributed by atoms with E-state index in [2.05, 4.69) is 58.4 Å². The van der Waals surface area contributed by atoms with E-state index < -0.39 is 0 Å². The molecule has 12 heavy (non-hydrogen) atoms. The Kier molecular flexibility index (Phi) is 2.13. The Bertz CT molecular complexity index is 337. The van der Waals surface area contributed by atoms with Gasteiger partial charge in [0.15, 0.2) is 0 Å². The first-order valence-electron chi connectivity index (χ1n) is 3.96. The fraction of sp³-hybridized carbons (Fsp3) is 0.0909. The molecule has 1 heteroatoms.